The average Bonchev–Trinajstić information content (AvgIpc) is 3.41. The van der Waals surface area contributed by atoms with Crippen molar-refractivity contribution in [1.82, 2.24) is 25.3 Å². The van der Waals surface area contributed by atoms with Crippen molar-refractivity contribution in [2.45, 2.75) is 18.9 Å². The van der Waals surface area contributed by atoms with E-state index in [1.54, 1.807) is 53.4 Å². The summed E-state index contributed by atoms with van der Waals surface area (Å²) >= 11 is 12.3. The van der Waals surface area contributed by atoms with Gasteiger partial charge in [0.05, 0.1) is 21.3 Å². The van der Waals surface area contributed by atoms with Crippen molar-refractivity contribution in [3.63, 3.8) is 0 Å². The SMILES string of the molecule is CN(C)C/C=C/C(=O)Nc1cccc(C(=O)N2CCC(NC(=O)c3n[nH]cc3NC(=O)c3c(Cl)cccc3Cl)CC2)c1. The molecule has 42 heavy (non-hydrogen) atoms. The summed E-state index contributed by atoms with van der Waals surface area (Å²) in [5, 5.41) is 15.3. The van der Waals surface area contributed by atoms with Crippen molar-refractivity contribution in [3.8, 4) is 0 Å². The topological polar surface area (TPSA) is 140 Å². The van der Waals surface area contributed by atoms with Crippen LogP contribution in [0.3, 0.4) is 0 Å². The van der Waals surface area contributed by atoms with Crippen LogP contribution in [0.15, 0.2) is 60.8 Å². The molecule has 4 N–H and O–H groups in total. The Labute approximate surface area is 253 Å². The van der Waals surface area contributed by atoms with Gasteiger partial charge in [-0.25, -0.2) is 0 Å². The Hall–Kier alpha value is -4.19. The fourth-order valence-corrected chi connectivity index (χ4v) is 4.97. The van der Waals surface area contributed by atoms with Gasteiger partial charge in [0.1, 0.15) is 0 Å². The summed E-state index contributed by atoms with van der Waals surface area (Å²) in [6, 6.07) is 11.3. The quantitative estimate of drug-likeness (QED) is 0.269. The van der Waals surface area contributed by atoms with E-state index in [4.69, 9.17) is 23.2 Å². The molecule has 0 spiro atoms. The summed E-state index contributed by atoms with van der Waals surface area (Å²) in [5.41, 5.74) is 1.28. The minimum atomic E-state index is -0.572. The van der Waals surface area contributed by atoms with Crippen LogP contribution in [0.1, 0.15) is 44.0 Å². The van der Waals surface area contributed by atoms with E-state index < -0.39 is 11.8 Å². The highest BCUT2D eigenvalue weighted by Gasteiger charge is 2.27. The third-order valence-corrected chi connectivity index (χ3v) is 7.16. The molecule has 0 bridgehead atoms. The van der Waals surface area contributed by atoms with Crippen molar-refractivity contribution < 1.29 is 19.2 Å². The van der Waals surface area contributed by atoms with Gasteiger partial charge in [-0.1, -0.05) is 41.4 Å². The van der Waals surface area contributed by atoms with E-state index in [1.165, 1.54) is 12.3 Å². The van der Waals surface area contributed by atoms with E-state index in [2.05, 4.69) is 26.1 Å². The van der Waals surface area contributed by atoms with E-state index in [0.29, 0.717) is 43.7 Å². The summed E-state index contributed by atoms with van der Waals surface area (Å²) < 4.78 is 0. The first-order valence-electron chi connectivity index (χ1n) is 13.2. The van der Waals surface area contributed by atoms with Gasteiger partial charge in [-0.15, -0.1) is 0 Å². The number of H-pyrrole nitrogens is 1. The average molecular weight is 613 g/mol. The van der Waals surface area contributed by atoms with Crippen LogP contribution in [0.5, 0.6) is 0 Å². The van der Waals surface area contributed by atoms with Crippen molar-refractivity contribution >= 4 is 58.2 Å². The predicted octanol–water partition coefficient (Wildman–Crippen LogP) is 4.06. The second-order valence-corrected chi connectivity index (χ2v) is 10.8. The van der Waals surface area contributed by atoms with Crippen molar-refractivity contribution in [2.24, 2.45) is 0 Å². The molecule has 1 fully saturated rings. The number of likely N-dealkylation sites (tertiary alicyclic amines) is 1. The van der Waals surface area contributed by atoms with E-state index in [1.807, 2.05) is 19.0 Å². The number of likely N-dealkylation sites (N-methyl/N-ethyl adjacent to an activating group) is 1. The molecule has 0 unspecified atom stereocenters. The number of halogens is 2. The van der Waals surface area contributed by atoms with E-state index >= 15 is 0 Å². The van der Waals surface area contributed by atoms with Gasteiger partial charge in [0, 0.05) is 49.2 Å². The third kappa shape index (κ3) is 7.96. The molecular formula is C29H31Cl2N7O4. The number of benzene rings is 2. The second-order valence-electron chi connectivity index (χ2n) is 9.97. The first-order chi connectivity index (χ1) is 20.1. The number of nitrogens with one attached hydrogen (secondary N) is 4. The molecule has 4 amide bonds. The van der Waals surface area contributed by atoms with E-state index in [9.17, 15) is 19.2 Å². The fourth-order valence-electron chi connectivity index (χ4n) is 4.41. The second kappa shape index (κ2) is 14.1. The Morgan fingerprint density at radius 1 is 1.02 bits per heavy atom. The zero-order chi connectivity index (χ0) is 30.2. The highest BCUT2D eigenvalue weighted by atomic mass is 35.5. The number of hydrogen-bond donors (Lipinski definition) is 4. The predicted molar refractivity (Wildman–Crippen MR) is 162 cm³/mol. The van der Waals surface area contributed by atoms with Crippen LogP contribution >= 0.6 is 23.2 Å². The van der Waals surface area contributed by atoms with Crippen LogP contribution in [0, 0.1) is 0 Å². The molecule has 1 saturated heterocycles. The Morgan fingerprint density at radius 2 is 1.71 bits per heavy atom. The molecule has 0 saturated carbocycles. The van der Waals surface area contributed by atoms with Crippen LogP contribution in [0.25, 0.3) is 0 Å². The zero-order valence-electron chi connectivity index (χ0n) is 23.1. The van der Waals surface area contributed by atoms with Crippen LogP contribution in [0.4, 0.5) is 11.4 Å². The summed E-state index contributed by atoms with van der Waals surface area (Å²) in [6.45, 7) is 1.51. The van der Waals surface area contributed by atoms with Gasteiger partial charge in [-0.2, -0.15) is 5.10 Å². The maximum Gasteiger partial charge on any atom is 0.274 e. The lowest BCUT2D eigenvalue weighted by Crippen LogP contribution is -2.46. The molecule has 1 aliphatic rings. The summed E-state index contributed by atoms with van der Waals surface area (Å²) in [5.74, 6) is -1.47. The summed E-state index contributed by atoms with van der Waals surface area (Å²) in [6.07, 6.45) is 5.68. The highest BCUT2D eigenvalue weighted by Crippen LogP contribution is 2.26. The molecular weight excluding hydrogens is 581 g/mol. The number of carbonyl (C=O) groups excluding carboxylic acids is 4. The molecule has 4 rings (SSSR count). The highest BCUT2D eigenvalue weighted by molar-refractivity contribution is 6.40. The molecule has 2 aromatic carbocycles. The molecule has 0 aliphatic carbocycles. The monoisotopic (exact) mass is 611 g/mol. The summed E-state index contributed by atoms with van der Waals surface area (Å²) in [7, 11) is 3.82. The van der Waals surface area contributed by atoms with Gasteiger partial charge < -0.3 is 25.8 Å². The van der Waals surface area contributed by atoms with E-state index in [-0.39, 0.29) is 44.8 Å². The van der Waals surface area contributed by atoms with Gasteiger partial charge in [-0.05, 0) is 57.3 Å². The molecule has 13 heteroatoms. The number of anilines is 2. The number of hydrogen-bond acceptors (Lipinski definition) is 6. The number of piperidine rings is 1. The molecule has 0 radical (unpaired) electrons. The number of aromatic amines is 1. The van der Waals surface area contributed by atoms with Crippen LogP contribution in [-0.2, 0) is 4.79 Å². The number of aromatic nitrogens is 2. The molecule has 1 aromatic heterocycles. The Morgan fingerprint density at radius 3 is 2.40 bits per heavy atom. The lowest BCUT2D eigenvalue weighted by atomic mass is 10.0. The number of amides is 4. The van der Waals surface area contributed by atoms with Crippen LogP contribution in [-0.4, -0.2) is 83.4 Å². The lowest BCUT2D eigenvalue weighted by molar-refractivity contribution is -0.111. The standard InChI is InChI=1S/C29H31Cl2N7O4/c1-37(2)13-5-10-24(39)33-20-7-3-6-18(16-20)29(42)38-14-11-19(12-15-38)34-28(41)26-23(17-32-36-26)35-27(40)25-21(30)8-4-9-22(25)31/h3-10,16-17,19H,11-15H2,1-2H3,(H,32,36)(H,33,39)(H,34,41)(H,35,40)/b10-5+. The molecule has 1 aliphatic heterocycles. The first-order valence-corrected chi connectivity index (χ1v) is 14.0. The Balaban J connectivity index is 1.30. The number of rotatable bonds is 9. The van der Waals surface area contributed by atoms with E-state index in [0.717, 1.165) is 0 Å². The minimum absolute atomic E-state index is 0.0143. The lowest BCUT2D eigenvalue weighted by Gasteiger charge is -2.32. The minimum Gasteiger partial charge on any atom is -0.348 e. The van der Waals surface area contributed by atoms with Crippen molar-refractivity contribution in [1.29, 1.82) is 0 Å². The van der Waals surface area contributed by atoms with Gasteiger partial charge in [0.15, 0.2) is 5.69 Å². The maximum atomic E-state index is 13.1. The van der Waals surface area contributed by atoms with Gasteiger partial charge >= 0.3 is 0 Å². The fraction of sp³-hybridized carbons (Fsp3) is 0.276. The number of carbonyl (C=O) groups is 4. The molecule has 11 nitrogen and oxygen atoms in total. The Bertz CT molecular complexity index is 1480. The van der Waals surface area contributed by atoms with Gasteiger partial charge in [-0.3, -0.25) is 24.3 Å². The zero-order valence-corrected chi connectivity index (χ0v) is 24.6. The summed E-state index contributed by atoms with van der Waals surface area (Å²) in [4.78, 5) is 54.7. The molecule has 3 aromatic rings. The van der Waals surface area contributed by atoms with Crippen LogP contribution < -0.4 is 16.0 Å². The smallest absolute Gasteiger partial charge is 0.274 e. The molecule has 0 atom stereocenters. The molecule has 2 heterocycles. The first kappa shape index (κ1) is 30.8. The molecule has 220 valence electrons. The van der Waals surface area contributed by atoms with Crippen molar-refractivity contribution in [2.75, 3.05) is 44.4 Å². The largest absolute Gasteiger partial charge is 0.348 e. The number of nitrogens with zero attached hydrogens (tertiary/aromatic N) is 3. The third-order valence-electron chi connectivity index (χ3n) is 6.53. The normalized spacial score (nSPS) is 13.8. The van der Waals surface area contributed by atoms with Crippen LogP contribution in [0.2, 0.25) is 10.0 Å². The maximum absolute atomic E-state index is 13.1. The van der Waals surface area contributed by atoms with Gasteiger partial charge in [0.2, 0.25) is 5.91 Å². The van der Waals surface area contributed by atoms with Gasteiger partial charge in [0.25, 0.3) is 17.7 Å². The van der Waals surface area contributed by atoms with Crippen molar-refractivity contribution in [3.05, 3.63) is 87.7 Å². The Kier molecular flexibility index (Phi) is 10.3.